The van der Waals surface area contributed by atoms with Crippen molar-refractivity contribution >= 4 is 11.8 Å². The summed E-state index contributed by atoms with van der Waals surface area (Å²) in [5.41, 5.74) is 0. The van der Waals surface area contributed by atoms with Crippen LogP contribution >= 0.6 is 11.8 Å². The molecule has 1 rings (SSSR count). The molecule has 1 saturated heterocycles. The summed E-state index contributed by atoms with van der Waals surface area (Å²) < 4.78 is 0. The predicted octanol–water partition coefficient (Wildman–Crippen LogP) is 1.26. The Balaban J connectivity index is 2.30. The van der Waals surface area contributed by atoms with E-state index in [0.717, 1.165) is 18.6 Å². The third-order valence-corrected chi connectivity index (χ3v) is 3.12. The van der Waals surface area contributed by atoms with E-state index in [1.54, 1.807) is 0 Å². The fourth-order valence-electron chi connectivity index (χ4n) is 1.03. The number of hydrogen-bond acceptors (Lipinski definition) is 2. The number of hydrogen-bond donors (Lipinski definition) is 1. The molecule has 1 heterocycles. The molecule has 0 amide bonds. The Labute approximate surface area is 54.5 Å². The van der Waals surface area contributed by atoms with Crippen LogP contribution in [0.1, 0.15) is 19.8 Å². The molecule has 0 spiro atoms. The maximum absolute atomic E-state index is 9.17. The first-order chi connectivity index (χ1) is 3.84. The van der Waals surface area contributed by atoms with Crippen LogP contribution in [-0.2, 0) is 0 Å². The van der Waals surface area contributed by atoms with Gasteiger partial charge in [-0.25, -0.2) is 0 Å². The van der Waals surface area contributed by atoms with Gasteiger partial charge in [-0.2, -0.15) is 11.8 Å². The summed E-state index contributed by atoms with van der Waals surface area (Å²) in [6.07, 6.45) is 2.11. The smallest absolute Gasteiger partial charge is 0.0666 e. The van der Waals surface area contributed by atoms with Gasteiger partial charge in [-0.15, -0.1) is 0 Å². The minimum absolute atomic E-state index is 0.00926. The first kappa shape index (κ1) is 6.43. The number of rotatable bonds is 1. The maximum atomic E-state index is 9.17. The molecule has 1 nitrogen and oxygen atoms in total. The summed E-state index contributed by atoms with van der Waals surface area (Å²) in [5.74, 6) is 1.15. The maximum Gasteiger partial charge on any atom is 0.0666 e. The average Bonchev–Trinajstić information content (AvgIpc) is 2.14. The van der Waals surface area contributed by atoms with Gasteiger partial charge in [0.05, 0.1) is 6.10 Å². The Morgan fingerprint density at radius 1 is 1.75 bits per heavy atom. The molecule has 1 N–H and O–H groups in total. The normalized spacial score (nSPS) is 38.2. The summed E-state index contributed by atoms with van der Waals surface area (Å²) in [4.78, 5) is 0. The Morgan fingerprint density at radius 3 is 2.75 bits per heavy atom. The Morgan fingerprint density at radius 2 is 2.50 bits per heavy atom. The molecular weight excluding hydrogens is 120 g/mol. The fraction of sp³-hybridized carbons (Fsp3) is 1.00. The molecule has 0 bridgehead atoms. The van der Waals surface area contributed by atoms with Gasteiger partial charge in [0.25, 0.3) is 0 Å². The summed E-state index contributed by atoms with van der Waals surface area (Å²) in [6.45, 7) is 2.13. The molecule has 0 aromatic carbocycles. The molecule has 0 radical (unpaired) electrons. The van der Waals surface area contributed by atoms with Crippen molar-refractivity contribution in [2.24, 2.45) is 0 Å². The van der Waals surface area contributed by atoms with Gasteiger partial charge in [0.15, 0.2) is 0 Å². The van der Waals surface area contributed by atoms with Crippen LogP contribution in [0.3, 0.4) is 0 Å². The molecule has 0 aliphatic carbocycles. The summed E-state index contributed by atoms with van der Waals surface area (Å²) in [5, 5.41) is 9.71. The van der Waals surface area contributed by atoms with Crippen LogP contribution in [0.15, 0.2) is 0 Å². The lowest BCUT2D eigenvalue weighted by molar-refractivity contribution is 0.174. The van der Waals surface area contributed by atoms with Gasteiger partial charge >= 0.3 is 0 Å². The van der Waals surface area contributed by atoms with Crippen molar-refractivity contribution in [1.29, 1.82) is 0 Å². The van der Waals surface area contributed by atoms with E-state index in [9.17, 15) is 0 Å². The molecule has 1 fully saturated rings. The van der Waals surface area contributed by atoms with E-state index in [2.05, 4.69) is 6.92 Å². The molecule has 0 aromatic heterocycles. The van der Waals surface area contributed by atoms with Crippen molar-refractivity contribution in [2.75, 3.05) is 5.75 Å². The topological polar surface area (TPSA) is 20.2 Å². The zero-order valence-electron chi connectivity index (χ0n) is 5.13. The third-order valence-electron chi connectivity index (χ3n) is 1.58. The van der Waals surface area contributed by atoms with Crippen molar-refractivity contribution < 1.29 is 5.11 Å². The van der Waals surface area contributed by atoms with Gasteiger partial charge in [0, 0.05) is 5.25 Å². The van der Waals surface area contributed by atoms with Gasteiger partial charge in [-0.05, 0) is 18.6 Å². The number of aliphatic hydroxyl groups excluding tert-OH is 1. The van der Waals surface area contributed by atoms with Crippen LogP contribution in [0.2, 0.25) is 0 Å². The van der Waals surface area contributed by atoms with Gasteiger partial charge < -0.3 is 5.11 Å². The van der Waals surface area contributed by atoms with Gasteiger partial charge in [-0.3, -0.25) is 0 Å². The minimum atomic E-state index is -0.00926. The number of aliphatic hydroxyl groups is 1. The van der Waals surface area contributed by atoms with E-state index < -0.39 is 0 Å². The predicted molar refractivity (Wildman–Crippen MR) is 37.2 cm³/mol. The van der Waals surface area contributed by atoms with Gasteiger partial charge in [0.2, 0.25) is 0 Å². The molecular formula is C6H12OS. The molecule has 1 aliphatic heterocycles. The van der Waals surface area contributed by atoms with Crippen LogP contribution < -0.4 is 0 Å². The minimum Gasteiger partial charge on any atom is -0.392 e. The molecule has 0 unspecified atom stereocenters. The highest BCUT2D eigenvalue weighted by molar-refractivity contribution is 8.00. The first-order valence-electron chi connectivity index (χ1n) is 3.14. The number of thioether (sulfide) groups is 1. The zero-order valence-corrected chi connectivity index (χ0v) is 5.95. The quantitative estimate of drug-likeness (QED) is 0.579. The fourth-order valence-corrected chi connectivity index (χ4v) is 2.30. The summed E-state index contributed by atoms with van der Waals surface area (Å²) in [7, 11) is 0. The summed E-state index contributed by atoms with van der Waals surface area (Å²) in [6, 6.07) is 0. The van der Waals surface area contributed by atoms with Crippen LogP contribution in [0.5, 0.6) is 0 Å². The highest BCUT2D eigenvalue weighted by Crippen LogP contribution is 2.28. The first-order valence-corrected chi connectivity index (χ1v) is 4.19. The van der Waals surface area contributed by atoms with Crippen LogP contribution in [-0.4, -0.2) is 22.2 Å². The second-order valence-corrected chi connectivity index (χ2v) is 3.52. The molecule has 1 aliphatic rings. The lowest BCUT2D eigenvalue weighted by Crippen LogP contribution is -2.15. The molecule has 0 saturated carbocycles. The highest BCUT2D eigenvalue weighted by atomic mass is 32.2. The second kappa shape index (κ2) is 2.74. The van der Waals surface area contributed by atoms with E-state index in [4.69, 9.17) is 5.11 Å². The van der Waals surface area contributed by atoms with Crippen molar-refractivity contribution in [2.45, 2.75) is 31.1 Å². The Hall–Kier alpha value is 0.310. The SMILES string of the molecule is CC[C@H]1SCC[C@H]1O. The average molecular weight is 132 g/mol. The van der Waals surface area contributed by atoms with E-state index >= 15 is 0 Å². The van der Waals surface area contributed by atoms with Crippen molar-refractivity contribution in [3.63, 3.8) is 0 Å². The van der Waals surface area contributed by atoms with E-state index in [0.29, 0.717) is 5.25 Å². The summed E-state index contributed by atoms with van der Waals surface area (Å²) >= 11 is 1.90. The molecule has 0 aromatic rings. The van der Waals surface area contributed by atoms with Gasteiger partial charge in [-0.1, -0.05) is 6.92 Å². The second-order valence-electron chi connectivity index (χ2n) is 2.17. The van der Waals surface area contributed by atoms with Crippen LogP contribution in [0.25, 0.3) is 0 Å². The van der Waals surface area contributed by atoms with E-state index in [1.807, 2.05) is 11.8 Å². The standard InChI is InChI=1S/C6H12OS/c1-2-6-5(7)3-4-8-6/h5-7H,2-4H2,1H3/t5-,6-/m1/s1. The highest BCUT2D eigenvalue weighted by Gasteiger charge is 2.23. The monoisotopic (exact) mass is 132 g/mol. The molecule has 48 valence electrons. The van der Waals surface area contributed by atoms with Crippen LogP contribution in [0.4, 0.5) is 0 Å². The van der Waals surface area contributed by atoms with E-state index in [1.165, 1.54) is 0 Å². The largest absolute Gasteiger partial charge is 0.392 e. The van der Waals surface area contributed by atoms with Crippen molar-refractivity contribution in [3.05, 3.63) is 0 Å². The van der Waals surface area contributed by atoms with Crippen molar-refractivity contribution in [1.82, 2.24) is 0 Å². The lowest BCUT2D eigenvalue weighted by atomic mass is 10.2. The third kappa shape index (κ3) is 1.17. The van der Waals surface area contributed by atoms with Crippen LogP contribution in [0, 0.1) is 0 Å². The lowest BCUT2D eigenvalue weighted by Gasteiger charge is -2.08. The van der Waals surface area contributed by atoms with Crippen molar-refractivity contribution in [3.8, 4) is 0 Å². The molecule has 2 atom stereocenters. The van der Waals surface area contributed by atoms with E-state index in [-0.39, 0.29) is 6.10 Å². The Kier molecular flexibility index (Phi) is 2.20. The van der Waals surface area contributed by atoms with Gasteiger partial charge in [0.1, 0.15) is 0 Å². The molecule has 2 heteroatoms. The zero-order chi connectivity index (χ0) is 5.98. The Bertz CT molecular complexity index is 74.9. The molecule has 8 heavy (non-hydrogen) atoms.